The highest BCUT2D eigenvalue weighted by Crippen LogP contribution is 2.22. The minimum atomic E-state index is -0.347. The van der Waals surface area contributed by atoms with Crippen molar-refractivity contribution < 1.29 is 9.53 Å². The van der Waals surface area contributed by atoms with Gasteiger partial charge in [-0.25, -0.2) is 9.97 Å². The Balaban J connectivity index is 2.05. The highest BCUT2D eigenvalue weighted by Gasteiger charge is 2.18. The molecule has 3 rings (SSSR count). The molecule has 5 nitrogen and oxygen atoms in total. The second-order valence-electron chi connectivity index (χ2n) is 5.33. The maximum Gasteiger partial charge on any atom is 0.279 e. The Hall–Kier alpha value is -2.95. The standard InChI is InChI=1S/C18H17N3O2/c1-11-9-14-15(10-12(11)2)21-18(23-3)16(20-14)17(22)19-13-7-5-4-6-8-13/h4-10H,1-3H3,(H,19,22). The molecule has 1 heterocycles. The van der Waals surface area contributed by atoms with Gasteiger partial charge in [0.25, 0.3) is 5.91 Å². The molecule has 0 bridgehead atoms. The van der Waals surface area contributed by atoms with E-state index in [1.165, 1.54) is 7.11 Å². The van der Waals surface area contributed by atoms with Crippen molar-refractivity contribution in [3.05, 3.63) is 59.3 Å². The van der Waals surface area contributed by atoms with E-state index in [0.29, 0.717) is 16.7 Å². The van der Waals surface area contributed by atoms with Crippen molar-refractivity contribution in [2.75, 3.05) is 12.4 Å². The zero-order chi connectivity index (χ0) is 16.4. The summed E-state index contributed by atoms with van der Waals surface area (Å²) in [6.07, 6.45) is 0. The fourth-order valence-corrected chi connectivity index (χ4v) is 2.30. The first-order chi connectivity index (χ1) is 11.1. The summed E-state index contributed by atoms with van der Waals surface area (Å²) in [7, 11) is 1.48. The van der Waals surface area contributed by atoms with Crippen LogP contribution < -0.4 is 10.1 Å². The fraction of sp³-hybridized carbons (Fsp3) is 0.167. The van der Waals surface area contributed by atoms with E-state index in [1.54, 1.807) is 0 Å². The Labute approximate surface area is 134 Å². The predicted molar refractivity (Wildman–Crippen MR) is 90.0 cm³/mol. The molecule has 1 aromatic heterocycles. The van der Waals surface area contributed by atoms with Gasteiger partial charge in [0, 0.05) is 5.69 Å². The number of aromatic nitrogens is 2. The minimum absolute atomic E-state index is 0.173. The van der Waals surface area contributed by atoms with Crippen LogP contribution in [0.3, 0.4) is 0 Å². The first-order valence-electron chi connectivity index (χ1n) is 7.28. The molecule has 0 radical (unpaired) electrons. The van der Waals surface area contributed by atoms with E-state index in [9.17, 15) is 4.79 Å². The van der Waals surface area contributed by atoms with Crippen LogP contribution in [0.2, 0.25) is 0 Å². The molecule has 3 aromatic rings. The molecule has 1 amide bonds. The topological polar surface area (TPSA) is 64.1 Å². The Morgan fingerprint density at radius 2 is 1.61 bits per heavy atom. The van der Waals surface area contributed by atoms with Gasteiger partial charge in [0.05, 0.1) is 18.1 Å². The molecule has 0 unspecified atom stereocenters. The number of rotatable bonds is 3. The molecule has 0 saturated carbocycles. The van der Waals surface area contributed by atoms with Gasteiger partial charge in [-0.1, -0.05) is 18.2 Å². The fourth-order valence-electron chi connectivity index (χ4n) is 2.30. The number of fused-ring (bicyclic) bond motifs is 1. The van der Waals surface area contributed by atoms with E-state index in [4.69, 9.17) is 4.74 Å². The number of methoxy groups -OCH3 is 1. The van der Waals surface area contributed by atoms with E-state index in [-0.39, 0.29) is 17.5 Å². The van der Waals surface area contributed by atoms with Crippen molar-refractivity contribution in [2.24, 2.45) is 0 Å². The number of hydrogen-bond donors (Lipinski definition) is 1. The summed E-state index contributed by atoms with van der Waals surface area (Å²) < 4.78 is 5.25. The number of carbonyl (C=O) groups is 1. The van der Waals surface area contributed by atoms with Gasteiger partial charge < -0.3 is 10.1 Å². The Bertz CT molecular complexity index is 876. The van der Waals surface area contributed by atoms with Gasteiger partial charge in [0.2, 0.25) is 5.88 Å². The van der Waals surface area contributed by atoms with Crippen LogP contribution in [0.4, 0.5) is 5.69 Å². The summed E-state index contributed by atoms with van der Waals surface area (Å²) in [5.41, 5.74) is 4.48. The third-order valence-electron chi connectivity index (χ3n) is 3.69. The van der Waals surface area contributed by atoms with Crippen molar-refractivity contribution in [2.45, 2.75) is 13.8 Å². The van der Waals surface area contributed by atoms with Crippen LogP contribution in [0.15, 0.2) is 42.5 Å². The summed E-state index contributed by atoms with van der Waals surface area (Å²) in [4.78, 5) is 21.4. The summed E-state index contributed by atoms with van der Waals surface area (Å²) >= 11 is 0. The summed E-state index contributed by atoms with van der Waals surface area (Å²) in [6.45, 7) is 4.02. The molecule has 0 fully saturated rings. The maximum atomic E-state index is 12.5. The summed E-state index contributed by atoms with van der Waals surface area (Å²) in [5, 5.41) is 2.80. The van der Waals surface area contributed by atoms with E-state index < -0.39 is 0 Å². The number of anilines is 1. The molecule has 116 valence electrons. The first kappa shape index (κ1) is 15.0. The second kappa shape index (κ2) is 6.04. The third-order valence-corrected chi connectivity index (χ3v) is 3.69. The van der Waals surface area contributed by atoms with Crippen molar-refractivity contribution >= 4 is 22.6 Å². The molecule has 23 heavy (non-hydrogen) atoms. The zero-order valence-corrected chi connectivity index (χ0v) is 13.3. The molecule has 0 atom stereocenters. The largest absolute Gasteiger partial charge is 0.479 e. The number of para-hydroxylation sites is 1. The van der Waals surface area contributed by atoms with Crippen molar-refractivity contribution in [3.8, 4) is 5.88 Å². The van der Waals surface area contributed by atoms with Gasteiger partial charge >= 0.3 is 0 Å². The van der Waals surface area contributed by atoms with Crippen LogP contribution in [0, 0.1) is 13.8 Å². The minimum Gasteiger partial charge on any atom is -0.479 e. The number of ether oxygens (including phenoxy) is 1. The number of benzene rings is 2. The van der Waals surface area contributed by atoms with Gasteiger partial charge in [-0.05, 0) is 49.2 Å². The molecule has 1 N–H and O–H groups in total. The molecule has 0 saturated heterocycles. The quantitative estimate of drug-likeness (QED) is 0.804. The number of amides is 1. The average molecular weight is 307 g/mol. The van der Waals surface area contributed by atoms with Gasteiger partial charge in [0.15, 0.2) is 5.69 Å². The van der Waals surface area contributed by atoms with Crippen LogP contribution in [0.25, 0.3) is 11.0 Å². The molecule has 0 spiro atoms. The van der Waals surface area contributed by atoms with E-state index in [1.807, 2.05) is 56.3 Å². The molecular weight excluding hydrogens is 290 g/mol. The molecule has 2 aromatic carbocycles. The van der Waals surface area contributed by atoms with Crippen molar-refractivity contribution in [3.63, 3.8) is 0 Å². The van der Waals surface area contributed by atoms with Gasteiger partial charge in [0.1, 0.15) is 0 Å². The van der Waals surface area contributed by atoms with Gasteiger partial charge in [-0.15, -0.1) is 0 Å². The predicted octanol–water partition coefficient (Wildman–Crippen LogP) is 3.51. The smallest absolute Gasteiger partial charge is 0.279 e. The number of aryl methyl sites for hydroxylation is 2. The number of carbonyl (C=O) groups excluding carboxylic acids is 1. The number of hydrogen-bond acceptors (Lipinski definition) is 4. The average Bonchev–Trinajstić information content (AvgIpc) is 2.55. The van der Waals surface area contributed by atoms with Crippen molar-refractivity contribution in [1.82, 2.24) is 9.97 Å². The Morgan fingerprint density at radius 1 is 1.00 bits per heavy atom. The molecule has 0 aliphatic carbocycles. The maximum absolute atomic E-state index is 12.5. The highest BCUT2D eigenvalue weighted by atomic mass is 16.5. The monoisotopic (exact) mass is 307 g/mol. The lowest BCUT2D eigenvalue weighted by Gasteiger charge is -2.10. The summed E-state index contributed by atoms with van der Waals surface area (Å²) in [6, 6.07) is 13.1. The van der Waals surface area contributed by atoms with E-state index in [2.05, 4.69) is 15.3 Å². The molecule has 5 heteroatoms. The van der Waals surface area contributed by atoms with Crippen LogP contribution in [-0.4, -0.2) is 23.0 Å². The molecule has 0 aliphatic heterocycles. The first-order valence-corrected chi connectivity index (χ1v) is 7.28. The van der Waals surface area contributed by atoms with Crippen LogP contribution in [0.5, 0.6) is 5.88 Å². The van der Waals surface area contributed by atoms with Crippen LogP contribution >= 0.6 is 0 Å². The lowest BCUT2D eigenvalue weighted by Crippen LogP contribution is -2.16. The van der Waals surface area contributed by atoms with Crippen LogP contribution in [0.1, 0.15) is 21.6 Å². The molecular formula is C18H17N3O2. The normalized spacial score (nSPS) is 10.6. The van der Waals surface area contributed by atoms with Crippen LogP contribution in [-0.2, 0) is 0 Å². The van der Waals surface area contributed by atoms with Gasteiger partial charge in [-0.3, -0.25) is 4.79 Å². The van der Waals surface area contributed by atoms with Gasteiger partial charge in [-0.2, -0.15) is 0 Å². The summed E-state index contributed by atoms with van der Waals surface area (Å²) in [5.74, 6) is -0.130. The number of nitrogens with zero attached hydrogens (tertiary/aromatic N) is 2. The molecule has 0 aliphatic rings. The number of nitrogens with one attached hydrogen (secondary N) is 1. The van der Waals surface area contributed by atoms with E-state index in [0.717, 1.165) is 11.1 Å². The third kappa shape index (κ3) is 2.99. The van der Waals surface area contributed by atoms with Crippen molar-refractivity contribution in [1.29, 1.82) is 0 Å². The zero-order valence-electron chi connectivity index (χ0n) is 13.3. The Morgan fingerprint density at radius 3 is 2.22 bits per heavy atom. The SMILES string of the molecule is COc1nc2cc(C)c(C)cc2nc1C(=O)Nc1ccccc1. The van der Waals surface area contributed by atoms with E-state index >= 15 is 0 Å². The lowest BCUT2D eigenvalue weighted by atomic mass is 10.1. The Kier molecular flexibility index (Phi) is 3.93. The second-order valence-corrected chi connectivity index (χ2v) is 5.33. The highest BCUT2D eigenvalue weighted by molar-refractivity contribution is 6.05. The lowest BCUT2D eigenvalue weighted by molar-refractivity contribution is 0.101.